The minimum absolute atomic E-state index is 0.208. The van der Waals surface area contributed by atoms with Crippen molar-refractivity contribution in [2.24, 2.45) is 11.7 Å². The molecule has 122 valence electrons. The molecule has 2 fully saturated rings. The van der Waals surface area contributed by atoms with E-state index in [0.717, 1.165) is 24.7 Å². The summed E-state index contributed by atoms with van der Waals surface area (Å²) in [4.78, 5) is 0. The van der Waals surface area contributed by atoms with E-state index in [2.05, 4.69) is 18.2 Å². The van der Waals surface area contributed by atoms with Crippen molar-refractivity contribution in [3.63, 3.8) is 0 Å². The lowest BCUT2D eigenvalue weighted by Crippen LogP contribution is -2.28. The summed E-state index contributed by atoms with van der Waals surface area (Å²) in [6, 6.07) is 10.4. The van der Waals surface area contributed by atoms with E-state index >= 15 is 0 Å². The Morgan fingerprint density at radius 2 is 2.30 bits per heavy atom. The molecular formula is C18H25BN2O2. The molecular weight excluding hydrogens is 287 g/mol. The van der Waals surface area contributed by atoms with Gasteiger partial charge >= 0.3 is 0 Å². The highest BCUT2D eigenvalue weighted by Gasteiger charge is 2.64. The van der Waals surface area contributed by atoms with Gasteiger partial charge in [0.15, 0.2) is 0 Å². The highest BCUT2D eigenvalue weighted by atomic mass is 16.4. The maximum Gasteiger partial charge on any atom is 0.298 e. The summed E-state index contributed by atoms with van der Waals surface area (Å²) in [5.74, 6) is 1.21. The Kier molecular flexibility index (Phi) is 5.06. The average Bonchev–Trinajstić information content (AvgIpc) is 3.21. The van der Waals surface area contributed by atoms with Crippen LogP contribution < -0.4 is 5.73 Å². The van der Waals surface area contributed by atoms with Crippen molar-refractivity contribution in [2.45, 2.75) is 49.7 Å². The standard InChI is InChI=1S/C18H25BN2O2/c20-12-14-4-3-5-15(10-14)18-7-6-17(16(18)11-18)19(23-13-21)8-1-2-9-22/h3-5,10,16-17,22H,1-2,6-9,11,13,21H2/t16-,17-,18-/m1/s1. The second kappa shape index (κ2) is 7.04. The number of nitrogens with zero attached hydrogens (tertiary/aromatic N) is 1. The Hall–Kier alpha value is -1.35. The molecule has 0 bridgehead atoms. The summed E-state index contributed by atoms with van der Waals surface area (Å²) >= 11 is 0. The molecule has 2 aliphatic rings. The number of nitriles is 1. The fraction of sp³-hybridized carbons (Fsp3) is 0.611. The second-order valence-corrected chi connectivity index (χ2v) is 6.95. The Balaban J connectivity index is 1.70. The highest BCUT2D eigenvalue weighted by molar-refractivity contribution is 6.54. The number of rotatable bonds is 8. The van der Waals surface area contributed by atoms with Crippen LogP contribution in [-0.4, -0.2) is 25.4 Å². The van der Waals surface area contributed by atoms with E-state index < -0.39 is 0 Å². The van der Waals surface area contributed by atoms with Crippen molar-refractivity contribution < 1.29 is 9.76 Å². The first kappa shape index (κ1) is 16.5. The molecule has 0 unspecified atom stereocenters. The number of unbranched alkanes of at least 4 members (excludes halogenated alkanes) is 1. The molecule has 2 aliphatic carbocycles. The molecule has 3 rings (SSSR count). The van der Waals surface area contributed by atoms with Gasteiger partial charge in [0.1, 0.15) is 0 Å². The van der Waals surface area contributed by atoms with E-state index in [1.807, 2.05) is 12.1 Å². The lowest BCUT2D eigenvalue weighted by Gasteiger charge is -2.20. The molecule has 3 atom stereocenters. The molecule has 1 aromatic carbocycles. The fourth-order valence-corrected chi connectivity index (χ4v) is 4.63. The SMILES string of the molecule is N#Cc1cccc([C@]23CC[C@@H](B(CCCCO)OCN)[C@H]2C3)c1. The van der Waals surface area contributed by atoms with Gasteiger partial charge in [-0.2, -0.15) is 5.26 Å². The van der Waals surface area contributed by atoms with Crippen molar-refractivity contribution in [1.29, 1.82) is 5.26 Å². The first-order valence-electron chi connectivity index (χ1n) is 8.68. The van der Waals surface area contributed by atoms with Gasteiger partial charge in [0.05, 0.1) is 18.4 Å². The third-order valence-corrected chi connectivity index (χ3v) is 5.83. The molecule has 23 heavy (non-hydrogen) atoms. The second-order valence-electron chi connectivity index (χ2n) is 6.95. The molecule has 0 spiro atoms. The van der Waals surface area contributed by atoms with Crippen molar-refractivity contribution in [3.8, 4) is 6.07 Å². The predicted octanol–water partition coefficient (Wildman–Crippen LogP) is 2.68. The van der Waals surface area contributed by atoms with Gasteiger partial charge in [-0.15, -0.1) is 0 Å². The lowest BCUT2D eigenvalue weighted by atomic mass is 9.51. The molecule has 0 saturated heterocycles. The first-order valence-corrected chi connectivity index (χ1v) is 8.68. The summed E-state index contributed by atoms with van der Waals surface area (Å²) in [6.07, 6.45) is 6.36. The lowest BCUT2D eigenvalue weighted by molar-refractivity contribution is 0.283. The molecule has 0 aliphatic heterocycles. The van der Waals surface area contributed by atoms with Crippen LogP contribution in [0.5, 0.6) is 0 Å². The smallest absolute Gasteiger partial charge is 0.298 e. The molecule has 2 saturated carbocycles. The van der Waals surface area contributed by atoms with Crippen LogP contribution in [0.4, 0.5) is 0 Å². The third kappa shape index (κ3) is 3.17. The zero-order chi connectivity index (χ0) is 16.3. The normalized spacial score (nSPS) is 28.2. The van der Waals surface area contributed by atoms with Gasteiger partial charge in [-0.05, 0) is 60.4 Å². The van der Waals surface area contributed by atoms with Crippen LogP contribution in [0.25, 0.3) is 0 Å². The summed E-state index contributed by atoms with van der Waals surface area (Å²) in [7, 11) is 0. The summed E-state index contributed by atoms with van der Waals surface area (Å²) in [5.41, 5.74) is 7.98. The molecule has 3 N–H and O–H groups in total. The van der Waals surface area contributed by atoms with Crippen molar-refractivity contribution in [2.75, 3.05) is 13.3 Å². The quantitative estimate of drug-likeness (QED) is 0.439. The van der Waals surface area contributed by atoms with Gasteiger partial charge in [-0.1, -0.05) is 25.0 Å². The monoisotopic (exact) mass is 312 g/mol. The minimum atomic E-state index is 0.208. The fourth-order valence-electron chi connectivity index (χ4n) is 4.63. The van der Waals surface area contributed by atoms with E-state index in [1.165, 1.54) is 24.8 Å². The Labute approximate surface area is 138 Å². The molecule has 4 nitrogen and oxygen atoms in total. The van der Waals surface area contributed by atoms with E-state index in [-0.39, 0.29) is 25.7 Å². The minimum Gasteiger partial charge on any atom is -0.424 e. The summed E-state index contributed by atoms with van der Waals surface area (Å²) in [5, 5.41) is 18.1. The van der Waals surface area contributed by atoms with E-state index in [4.69, 9.17) is 20.8 Å². The molecule has 0 radical (unpaired) electrons. The van der Waals surface area contributed by atoms with Crippen LogP contribution in [0.3, 0.4) is 0 Å². The van der Waals surface area contributed by atoms with Gasteiger partial charge in [0, 0.05) is 6.61 Å². The van der Waals surface area contributed by atoms with E-state index in [1.54, 1.807) is 0 Å². The maximum atomic E-state index is 9.13. The van der Waals surface area contributed by atoms with E-state index in [9.17, 15) is 0 Å². The van der Waals surface area contributed by atoms with Gasteiger partial charge in [-0.3, -0.25) is 0 Å². The number of nitrogens with two attached hydrogens (primary N) is 1. The van der Waals surface area contributed by atoms with E-state index in [0.29, 0.717) is 11.7 Å². The Morgan fingerprint density at radius 1 is 1.43 bits per heavy atom. The average molecular weight is 312 g/mol. The molecule has 0 heterocycles. The van der Waals surface area contributed by atoms with Crippen LogP contribution in [0.2, 0.25) is 12.1 Å². The zero-order valence-electron chi connectivity index (χ0n) is 13.6. The van der Waals surface area contributed by atoms with Gasteiger partial charge in [-0.25, -0.2) is 0 Å². The van der Waals surface area contributed by atoms with Crippen LogP contribution in [0.15, 0.2) is 24.3 Å². The number of hydrogen-bond acceptors (Lipinski definition) is 4. The summed E-state index contributed by atoms with van der Waals surface area (Å²) < 4.78 is 5.84. The predicted molar refractivity (Wildman–Crippen MR) is 90.9 cm³/mol. The van der Waals surface area contributed by atoms with Gasteiger partial charge < -0.3 is 15.5 Å². The Bertz CT molecular complexity index is 589. The third-order valence-electron chi connectivity index (χ3n) is 5.83. The summed E-state index contributed by atoms with van der Waals surface area (Å²) in [6.45, 7) is 0.721. The van der Waals surface area contributed by atoms with Gasteiger partial charge in [0.2, 0.25) is 0 Å². The number of benzene rings is 1. The van der Waals surface area contributed by atoms with Crippen LogP contribution in [-0.2, 0) is 10.1 Å². The molecule has 0 aromatic heterocycles. The van der Waals surface area contributed by atoms with Crippen LogP contribution >= 0.6 is 0 Å². The molecule has 1 aromatic rings. The topological polar surface area (TPSA) is 79.3 Å². The molecule has 5 heteroatoms. The van der Waals surface area contributed by atoms with Crippen molar-refractivity contribution >= 4 is 6.92 Å². The van der Waals surface area contributed by atoms with Crippen molar-refractivity contribution in [1.82, 2.24) is 0 Å². The van der Waals surface area contributed by atoms with Crippen LogP contribution in [0, 0.1) is 17.2 Å². The zero-order valence-corrected chi connectivity index (χ0v) is 13.6. The number of aliphatic hydroxyl groups excluding tert-OH is 1. The van der Waals surface area contributed by atoms with Crippen molar-refractivity contribution in [3.05, 3.63) is 35.4 Å². The number of aliphatic hydroxyl groups is 1. The maximum absolute atomic E-state index is 9.13. The van der Waals surface area contributed by atoms with Gasteiger partial charge in [0.25, 0.3) is 6.92 Å². The first-order chi connectivity index (χ1) is 11.2. The largest absolute Gasteiger partial charge is 0.424 e. The highest BCUT2D eigenvalue weighted by Crippen LogP contribution is 2.69. The molecule has 0 amide bonds. The number of hydrogen-bond donors (Lipinski definition) is 2. The van der Waals surface area contributed by atoms with Crippen LogP contribution in [0.1, 0.15) is 43.2 Å². The Morgan fingerprint density at radius 3 is 3.00 bits per heavy atom. The number of fused-ring (bicyclic) bond motifs is 1.